The van der Waals surface area contributed by atoms with Crippen LogP contribution in [-0.4, -0.2) is 33.3 Å². The van der Waals surface area contributed by atoms with E-state index in [-0.39, 0.29) is 5.97 Å². The van der Waals surface area contributed by atoms with Crippen LogP contribution in [-0.2, 0) is 16.0 Å². The van der Waals surface area contributed by atoms with Crippen LogP contribution in [0.1, 0.15) is 29.9 Å². The van der Waals surface area contributed by atoms with Gasteiger partial charge < -0.3 is 14.8 Å². The SMILES string of the molecule is COC(=O)CCNCC1CCc2ccc(OC)cc21. The van der Waals surface area contributed by atoms with Gasteiger partial charge in [-0.2, -0.15) is 0 Å². The van der Waals surface area contributed by atoms with Gasteiger partial charge in [-0.3, -0.25) is 4.79 Å². The number of nitrogens with one attached hydrogen (secondary N) is 1. The maximum atomic E-state index is 11.0. The Balaban J connectivity index is 1.86. The van der Waals surface area contributed by atoms with Gasteiger partial charge in [0.15, 0.2) is 0 Å². The van der Waals surface area contributed by atoms with Crippen molar-refractivity contribution in [2.75, 3.05) is 27.3 Å². The lowest BCUT2D eigenvalue weighted by atomic mass is 10.0. The van der Waals surface area contributed by atoms with Crippen LogP contribution in [0.2, 0.25) is 0 Å². The van der Waals surface area contributed by atoms with Gasteiger partial charge in [-0.15, -0.1) is 0 Å². The highest BCUT2D eigenvalue weighted by molar-refractivity contribution is 5.69. The lowest BCUT2D eigenvalue weighted by molar-refractivity contribution is -0.140. The molecule has 1 unspecified atom stereocenters. The van der Waals surface area contributed by atoms with E-state index in [1.54, 1.807) is 7.11 Å². The number of ether oxygens (including phenoxy) is 2. The summed E-state index contributed by atoms with van der Waals surface area (Å²) in [5.74, 6) is 1.27. The Morgan fingerprint density at radius 1 is 1.42 bits per heavy atom. The van der Waals surface area contributed by atoms with Crippen molar-refractivity contribution in [1.29, 1.82) is 0 Å². The zero-order chi connectivity index (χ0) is 13.7. The second-order valence-corrected chi connectivity index (χ2v) is 4.83. The Kier molecular flexibility index (Phi) is 4.80. The summed E-state index contributed by atoms with van der Waals surface area (Å²) in [5, 5.41) is 3.33. The molecule has 1 aromatic rings. The van der Waals surface area contributed by atoms with Crippen molar-refractivity contribution in [3.05, 3.63) is 29.3 Å². The highest BCUT2D eigenvalue weighted by Crippen LogP contribution is 2.34. The monoisotopic (exact) mass is 263 g/mol. The molecular formula is C15H21NO3. The summed E-state index contributed by atoms with van der Waals surface area (Å²) in [5.41, 5.74) is 2.80. The molecule has 2 rings (SSSR count). The summed E-state index contributed by atoms with van der Waals surface area (Å²) < 4.78 is 9.89. The average Bonchev–Trinajstić information content (AvgIpc) is 2.85. The number of rotatable bonds is 6. The molecule has 4 heteroatoms. The third-order valence-electron chi connectivity index (χ3n) is 3.68. The molecule has 1 aliphatic carbocycles. The predicted octanol–water partition coefficient (Wildman–Crippen LogP) is 1.88. The predicted molar refractivity (Wildman–Crippen MR) is 73.6 cm³/mol. The van der Waals surface area contributed by atoms with Gasteiger partial charge >= 0.3 is 5.97 Å². The minimum absolute atomic E-state index is 0.166. The number of esters is 1. The molecule has 0 radical (unpaired) electrons. The summed E-state index contributed by atoms with van der Waals surface area (Å²) in [6, 6.07) is 6.31. The summed E-state index contributed by atoms with van der Waals surface area (Å²) >= 11 is 0. The summed E-state index contributed by atoms with van der Waals surface area (Å²) in [4.78, 5) is 11.0. The maximum absolute atomic E-state index is 11.0. The van der Waals surface area contributed by atoms with Crippen LogP contribution >= 0.6 is 0 Å². The van der Waals surface area contributed by atoms with Crippen molar-refractivity contribution in [3.8, 4) is 5.75 Å². The molecule has 104 valence electrons. The van der Waals surface area contributed by atoms with Gasteiger partial charge in [0.25, 0.3) is 0 Å². The fourth-order valence-corrected chi connectivity index (χ4v) is 2.57. The quantitative estimate of drug-likeness (QED) is 0.629. The van der Waals surface area contributed by atoms with Crippen LogP contribution in [0.15, 0.2) is 18.2 Å². The second-order valence-electron chi connectivity index (χ2n) is 4.83. The van der Waals surface area contributed by atoms with Crippen molar-refractivity contribution in [2.45, 2.75) is 25.2 Å². The van der Waals surface area contributed by atoms with Crippen LogP contribution < -0.4 is 10.1 Å². The number of hydrogen-bond donors (Lipinski definition) is 1. The zero-order valence-electron chi connectivity index (χ0n) is 11.6. The van der Waals surface area contributed by atoms with Crippen LogP contribution in [0, 0.1) is 0 Å². The van der Waals surface area contributed by atoms with Crippen LogP contribution in [0.25, 0.3) is 0 Å². The molecule has 0 aliphatic heterocycles. The lowest BCUT2D eigenvalue weighted by Crippen LogP contribution is -2.23. The van der Waals surface area contributed by atoms with Gasteiger partial charge in [0.2, 0.25) is 0 Å². The lowest BCUT2D eigenvalue weighted by Gasteiger charge is -2.13. The molecule has 0 saturated carbocycles. The molecular weight excluding hydrogens is 242 g/mol. The van der Waals surface area contributed by atoms with E-state index < -0.39 is 0 Å². The van der Waals surface area contributed by atoms with Crippen molar-refractivity contribution in [2.24, 2.45) is 0 Å². The molecule has 0 amide bonds. The Bertz CT molecular complexity index is 445. The van der Waals surface area contributed by atoms with Crippen LogP contribution in [0.4, 0.5) is 0 Å². The molecule has 0 spiro atoms. The first-order chi connectivity index (χ1) is 9.24. The van der Waals surface area contributed by atoms with Crippen molar-refractivity contribution >= 4 is 5.97 Å². The number of fused-ring (bicyclic) bond motifs is 1. The normalized spacial score (nSPS) is 17.1. The van der Waals surface area contributed by atoms with E-state index in [1.165, 1.54) is 18.2 Å². The van der Waals surface area contributed by atoms with E-state index in [4.69, 9.17) is 4.74 Å². The molecule has 0 saturated heterocycles. The molecule has 0 bridgehead atoms. The summed E-state index contributed by atoms with van der Waals surface area (Å²) in [6.07, 6.45) is 2.71. The van der Waals surface area contributed by atoms with Gasteiger partial charge in [-0.25, -0.2) is 0 Å². The molecule has 1 N–H and O–H groups in total. The number of hydrogen-bond acceptors (Lipinski definition) is 4. The number of benzene rings is 1. The Hall–Kier alpha value is -1.55. The highest BCUT2D eigenvalue weighted by Gasteiger charge is 2.22. The van der Waals surface area contributed by atoms with Gasteiger partial charge in [-0.05, 0) is 42.0 Å². The number of carbonyl (C=O) groups excluding carboxylic acids is 1. The molecule has 1 aliphatic rings. The fraction of sp³-hybridized carbons (Fsp3) is 0.533. The second kappa shape index (κ2) is 6.57. The Labute approximate surface area is 114 Å². The van der Waals surface area contributed by atoms with E-state index in [0.29, 0.717) is 18.9 Å². The number of aryl methyl sites for hydroxylation is 1. The van der Waals surface area contributed by atoms with Crippen molar-refractivity contribution in [1.82, 2.24) is 5.32 Å². The molecule has 0 fully saturated rings. The molecule has 0 aromatic heterocycles. The third kappa shape index (κ3) is 3.47. The first-order valence-electron chi connectivity index (χ1n) is 6.69. The topological polar surface area (TPSA) is 47.6 Å². The molecule has 1 aromatic carbocycles. The number of carbonyl (C=O) groups is 1. The van der Waals surface area contributed by atoms with E-state index in [2.05, 4.69) is 22.2 Å². The standard InChI is InChI=1S/C15H21NO3/c1-18-13-6-5-11-3-4-12(14(11)9-13)10-16-8-7-15(17)19-2/h5-6,9,12,16H,3-4,7-8,10H2,1-2H3. The van der Waals surface area contributed by atoms with Crippen LogP contribution in [0.5, 0.6) is 5.75 Å². The van der Waals surface area contributed by atoms with Gasteiger partial charge in [0.05, 0.1) is 20.6 Å². The third-order valence-corrected chi connectivity index (χ3v) is 3.68. The smallest absolute Gasteiger partial charge is 0.306 e. The van der Waals surface area contributed by atoms with Crippen LogP contribution in [0.3, 0.4) is 0 Å². The van der Waals surface area contributed by atoms with Crippen molar-refractivity contribution < 1.29 is 14.3 Å². The van der Waals surface area contributed by atoms with Gasteiger partial charge in [0.1, 0.15) is 5.75 Å². The fourth-order valence-electron chi connectivity index (χ4n) is 2.57. The molecule has 0 heterocycles. The molecule has 19 heavy (non-hydrogen) atoms. The first-order valence-corrected chi connectivity index (χ1v) is 6.69. The summed E-state index contributed by atoms with van der Waals surface area (Å²) in [7, 11) is 3.11. The number of methoxy groups -OCH3 is 2. The van der Waals surface area contributed by atoms with Gasteiger partial charge in [0, 0.05) is 13.1 Å². The summed E-state index contributed by atoms with van der Waals surface area (Å²) in [6.45, 7) is 1.57. The maximum Gasteiger partial charge on any atom is 0.306 e. The van der Waals surface area contributed by atoms with Crippen molar-refractivity contribution in [3.63, 3.8) is 0 Å². The Morgan fingerprint density at radius 2 is 2.26 bits per heavy atom. The minimum Gasteiger partial charge on any atom is -0.497 e. The molecule has 1 atom stereocenters. The van der Waals surface area contributed by atoms with E-state index >= 15 is 0 Å². The van der Waals surface area contributed by atoms with E-state index in [9.17, 15) is 4.79 Å². The van der Waals surface area contributed by atoms with Gasteiger partial charge in [-0.1, -0.05) is 6.07 Å². The zero-order valence-corrected chi connectivity index (χ0v) is 11.6. The highest BCUT2D eigenvalue weighted by atomic mass is 16.5. The van der Waals surface area contributed by atoms with E-state index in [1.807, 2.05) is 6.07 Å². The largest absolute Gasteiger partial charge is 0.497 e. The first kappa shape index (κ1) is 13.9. The minimum atomic E-state index is -0.166. The molecule has 4 nitrogen and oxygen atoms in total. The Morgan fingerprint density at radius 3 is 3.00 bits per heavy atom. The van der Waals surface area contributed by atoms with E-state index in [0.717, 1.165) is 25.1 Å². The average molecular weight is 263 g/mol.